The molecular weight excluding hydrogens is 376 g/mol. The number of nitrogens with one attached hydrogen (secondary N) is 1. The summed E-state index contributed by atoms with van der Waals surface area (Å²) in [6.45, 7) is 2.29. The molecule has 2 aliphatic rings. The van der Waals surface area contributed by atoms with E-state index in [0.29, 0.717) is 19.4 Å². The molecule has 3 rings (SSSR count). The van der Waals surface area contributed by atoms with Crippen molar-refractivity contribution in [3.05, 3.63) is 23.8 Å². The van der Waals surface area contributed by atoms with Crippen molar-refractivity contribution >= 4 is 33.5 Å². The molecular formula is C16H20N4O6S. The van der Waals surface area contributed by atoms with Gasteiger partial charge < -0.3 is 25.2 Å². The topological polar surface area (TPSA) is 141 Å². The average molecular weight is 396 g/mol. The lowest BCUT2D eigenvalue weighted by molar-refractivity contribution is -0.0108. The fourth-order valence-electron chi connectivity index (χ4n) is 3.04. The van der Waals surface area contributed by atoms with Crippen molar-refractivity contribution < 1.29 is 28.2 Å². The zero-order valence-corrected chi connectivity index (χ0v) is 15.7. The van der Waals surface area contributed by atoms with Crippen molar-refractivity contribution in [2.24, 2.45) is 8.80 Å². The first-order valence-electron chi connectivity index (χ1n) is 8.22. The van der Waals surface area contributed by atoms with Crippen molar-refractivity contribution in [1.29, 1.82) is 0 Å². The van der Waals surface area contributed by atoms with Gasteiger partial charge >= 0.3 is 10.2 Å². The molecule has 27 heavy (non-hydrogen) atoms. The Morgan fingerprint density at radius 2 is 2.11 bits per heavy atom. The first-order chi connectivity index (χ1) is 12.6. The summed E-state index contributed by atoms with van der Waals surface area (Å²) in [5, 5.41) is 23.3. The van der Waals surface area contributed by atoms with Crippen LogP contribution in [0.15, 0.2) is 27.0 Å². The minimum absolute atomic E-state index is 0.0232. The highest BCUT2D eigenvalue weighted by atomic mass is 32.2. The van der Waals surface area contributed by atoms with Gasteiger partial charge in [-0.3, -0.25) is 4.79 Å². The van der Waals surface area contributed by atoms with Crippen LogP contribution in [0.2, 0.25) is 0 Å². The molecule has 0 bridgehead atoms. The number of aliphatic hydroxyl groups is 1. The fraction of sp³-hybridized carbons (Fsp3) is 0.438. The third kappa shape index (κ3) is 4.03. The SMILES string of the molecule is COC1=NS(=O)(=O)N=C1Nc1cccc(C(=O)N2CCCC(C)(O)C2)c1O. The summed E-state index contributed by atoms with van der Waals surface area (Å²) in [7, 11) is -2.81. The van der Waals surface area contributed by atoms with E-state index in [1.165, 1.54) is 30.2 Å². The Balaban J connectivity index is 1.87. The van der Waals surface area contributed by atoms with Gasteiger partial charge in [0.2, 0.25) is 5.84 Å². The summed E-state index contributed by atoms with van der Waals surface area (Å²) in [4.78, 5) is 14.2. The van der Waals surface area contributed by atoms with Gasteiger partial charge in [-0.25, -0.2) is 0 Å². The molecule has 1 fully saturated rings. The van der Waals surface area contributed by atoms with Gasteiger partial charge in [0.1, 0.15) is 0 Å². The van der Waals surface area contributed by atoms with Crippen molar-refractivity contribution in [2.75, 3.05) is 25.5 Å². The predicted molar refractivity (Wildman–Crippen MR) is 98.3 cm³/mol. The van der Waals surface area contributed by atoms with E-state index in [9.17, 15) is 23.4 Å². The molecule has 0 aliphatic carbocycles. The number of methoxy groups -OCH3 is 1. The standard InChI is InChI=1S/C16H20N4O6S/c1-16(23)7-4-8-20(9-16)15(22)10-5-3-6-11(12(10)21)17-13-14(26-2)19-27(24,25)18-13/h3,5-6,21,23H,4,7-9H2,1-2H3,(H,17,18). The van der Waals surface area contributed by atoms with E-state index in [1.54, 1.807) is 6.92 Å². The summed E-state index contributed by atoms with van der Waals surface area (Å²) in [6.07, 6.45) is 1.25. The molecule has 11 heteroatoms. The number of β-amino-alcohol motifs (C(OH)–C–C–N with tert-alkyl or cyclic N) is 1. The number of hydrogen-bond acceptors (Lipinski definition) is 7. The number of amides is 1. The maximum atomic E-state index is 12.8. The third-order valence-corrected chi connectivity index (χ3v) is 5.09. The Labute approximate surface area is 156 Å². The largest absolute Gasteiger partial charge is 0.505 e. The highest BCUT2D eigenvalue weighted by molar-refractivity contribution is 7.89. The molecule has 1 unspecified atom stereocenters. The van der Waals surface area contributed by atoms with Crippen LogP contribution in [-0.4, -0.2) is 67.0 Å². The maximum Gasteiger partial charge on any atom is 0.368 e. The molecule has 0 radical (unpaired) electrons. The van der Waals surface area contributed by atoms with Crippen LogP contribution in [0, 0.1) is 0 Å². The lowest BCUT2D eigenvalue weighted by Crippen LogP contribution is -2.48. The van der Waals surface area contributed by atoms with Gasteiger partial charge in [0.25, 0.3) is 11.8 Å². The first kappa shape index (κ1) is 19.1. The molecule has 2 aliphatic heterocycles. The summed E-state index contributed by atoms with van der Waals surface area (Å²) in [5.74, 6) is -1.25. The number of ether oxygens (including phenoxy) is 1. The van der Waals surface area contributed by atoms with Crippen LogP contribution >= 0.6 is 0 Å². The number of amidine groups is 1. The molecule has 3 N–H and O–H groups in total. The third-order valence-electron chi connectivity index (χ3n) is 4.28. The van der Waals surface area contributed by atoms with E-state index in [0.717, 1.165) is 0 Å². The monoisotopic (exact) mass is 396 g/mol. The van der Waals surface area contributed by atoms with Gasteiger partial charge in [0.15, 0.2) is 5.75 Å². The summed E-state index contributed by atoms with van der Waals surface area (Å²) in [5.41, 5.74) is -0.879. The van der Waals surface area contributed by atoms with Crippen LogP contribution in [0.4, 0.5) is 5.69 Å². The highest BCUT2D eigenvalue weighted by Gasteiger charge is 2.33. The van der Waals surface area contributed by atoms with Crippen molar-refractivity contribution in [3.8, 4) is 5.75 Å². The molecule has 2 heterocycles. The normalized spacial score (nSPS) is 24.2. The molecule has 0 saturated carbocycles. The second-order valence-corrected chi connectivity index (χ2v) is 7.90. The number of aromatic hydroxyl groups is 1. The summed E-state index contributed by atoms with van der Waals surface area (Å²) in [6, 6.07) is 4.44. The minimum Gasteiger partial charge on any atom is -0.505 e. The van der Waals surface area contributed by atoms with Crippen LogP contribution in [0.5, 0.6) is 5.75 Å². The summed E-state index contributed by atoms with van der Waals surface area (Å²) >= 11 is 0. The van der Waals surface area contributed by atoms with Crippen LogP contribution in [0.3, 0.4) is 0 Å². The number of para-hydroxylation sites is 1. The Kier molecular flexibility index (Phi) is 4.82. The van der Waals surface area contributed by atoms with Gasteiger partial charge in [-0.2, -0.15) is 8.42 Å². The molecule has 1 saturated heterocycles. The van der Waals surface area contributed by atoms with E-state index in [1.807, 2.05) is 0 Å². The molecule has 1 amide bonds. The number of hydrogen-bond donors (Lipinski definition) is 3. The van der Waals surface area contributed by atoms with Gasteiger partial charge in [-0.1, -0.05) is 6.07 Å². The smallest absolute Gasteiger partial charge is 0.368 e. The lowest BCUT2D eigenvalue weighted by Gasteiger charge is -2.37. The quantitative estimate of drug-likeness (QED) is 0.618. The number of phenols is 1. The van der Waals surface area contributed by atoms with Crippen LogP contribution in [-0.2, 0) is 14.9 Å². The Bertz CT molecular complexity index is 938. The van der Waals surface area contributed by atoms with Gasteiger partial charge in [0, 0.05) is 13.1 Å². The Morgan fingerprint density at radius 3 is 2.78 bits per heavy atom. The van der Waals surface area contributed by atoms with Gasteiger partial charge in [0.05, 0.1) is 24.0 Å². The number of carbonyl (C=O) groups excluding carboxylic acids is 1. The molecule has 0 aromatic heterocycles. The molecule has 1 aromatic rings. The second kappa shape index (κ2) is 6.82. The van der Waals surface area contributed by atoms with Crippen molar-refractivity contribution in [3.63, 3.8) is 0 Å². The first-order valence-corrected chi connectivity index (χ1v) is 9.61. The van der Waals surface area contributed by atoms with E-state index < -0.39 is 21.7 Å². The maximum absolute atomic E-state index is 12.8. The Hall–Kier alpha value is -2.66. The second-order valence-electron chi connectivity index (χ2n) is 6.64. The van der Waals surface area contributed by atoms with Gasteiger partial charge in [-0.15, -0.1) is 8.80 Å². The Morgan fingerprint density at radius 1 is 1.37 bits per heavy atom. The fourth-order valence-corrected chi connectivity index (χ4v) is 3.81. The molecule has 1 aromatic carbocycles. The van der Waals surface area contributed by atoms with Crippen LogP contribution in [0.1, 0.15) is 30.1 Å². The predicted octanol–water partition coefficient (Wildman–Crippen LogP) is 0.493. The number of benzene rings is 1. The summed E-state index contributed by atoms with van der Waals surface area (Å²) < 4.78 is 34.5. The molecule has 0 spiro atoms. The average Bonchev–Trinajstić information content (AvgIpc) is 2.89. The number of piperidine rings is 1. The van der Waals surface area contributed by atoms with Crippen LogP contribution < -0.4 is 5.32 Å². The number of anilines is 1. The molecule has 10 nitrogen and oxygen atoms in total. The van der Waals surface area contributed by atoms with E-state index >= 15 is 0 Å². The zero-order chi connectivity index (χ0) is 19.8. The van der Waals surface area contributed by atoms with E-state index in [2.05, 4.69) is 14.1 Å². The van der Waals surface area contributed by atoms with Crippen LogP contribution in [0.25, 0.3) is 0 Å². The molecule has 1 atom stereocenters. The zero-order valence-electron chi connectivity index (χ0n) is 14.8. The number of carbonyl (C=O) groups is 1. The highest BCUT2D eigenvalue weighted by Crippen LogP contribution is 2.31. The number of rotatable bonds is 2. The number of likely N-dealkylation sites (tertiary alicyclic amines) is 1. The van der Waals surface area contributed by atoms with Gasteiger partial charge in [-0.05, 0) is 31.9 Å². The molecule has 146 valence electrons. The van der Waals surface area contributed by atoms with E-state index in [-0.39, 0.29) is 35.3 Å². The minimum atomic E-state index is -4.04. The number of phenolic OH excluding ortho intramolecular Hbond substituents is 1. The van der Waals surface area contributed by atoms with E-state index in [4.69, 9.17) is 4.74 Å². The van der Waals surface area contributed by atoms with Crippen molar-refractivity contribution in [2.45, 2.75) is 25.4 Å². The number of nitrogens with zero attached hydrogens (tertiary/aromatic N) is 3. The lowest BCUT2D eigenvalue weighted by atomic mass is 9.94. The van der Waals surface area contributed by atoms with Crippen molar-refractivity contribution in [1.82, 2.24) is 4.90 Å².